The molecule has 1 heterocycles. The lowest BCUT2D eigenvalue weighted by atomic mass is 9.94. The van der Waals surface area contributed by atoms with Gasteiger partial charge in [-0.15, -0.1) is 0 Å². The van der Waals surface area contributed by atoms with Crippen LogP contribution < -0.4 is 24.4 Å². The van der Waals surface area contributed by atoms with E-state index in [1.807, 2.05) is 24.3 Å². The first-order chi connectivity index (χ1) is 19.4. The van der Waals surface area contributed by atoms with E-state index in [1.165, 1.54) is 44.8 Å². The number of methoxy groups -OCH3 is 3. The number of nitrogens with zero attached hydrogens (tertiary/aromatic N) is 3. The molecule has 1 aromatic heterocycles. The smallest absolute Gasteiger partial charge is 0.279 e. The van der Waals surface area contributed by atoms with Crippen molar-refractivity contribution in [1.82, 2.24) is 15.3 Å². The van der Waals surface area contributed by atoms with E-state index >= 15 is 0 Å². The first-order valence-electron chi connectivity index (χ1n) is 13.7. The van der Waals surface area contributed by atoms with Gasteiger partial charge in [0.2, 0.25) is 11.7 Å². The highest BCUT2D eigenvalue weighted by Crippen LogP contribution is 2.42. The summed E-state index contributed by atoms with van der Waals surface area (Å²) >= 11 is 0. The minimum atomic E-state index is -1.06. The number of aromatic nitrogens is 2. The summed E-state index contributed by atoms with van der Waals surface area (Å²) in [6.45, 7) is 4.21. The fraction of sp³-hybridized carbons (Fsp3) is 0.419. The Morgan fingerprint density at radius 2 is 1.55 bits per heavy atom. The van der Waals surface area contributed by atoms with Crippen molar-refractivity contribution >= 4 is 17.5 Å². The molecule has 1 aliphatic rings. The fourth-order valence-corrected chi connectivity index (χ4v) is 5.14. The zero-order valence-corrected chi connectivity index (χ0v) is 23.8. The second-order valence-electron chi connectivity index (χ2n) is 10.2. The second kappa shape index (κ2) is 13.3. The average Bonchev–Trinajstić information content (AvgIpc) is 2.99. The van der Waals surface area contributed by atoms with Crippen molar-refractivity contribution in [2.45, 2.75) is 64.0 Å². The summed E-state index contributed by atoms with van der Waals surface area (Å²) in [5.74, 6) is 0.713. The van der Waals surface area contributed by atoms with E-state index in [-0.39, 0.29) is 17.6 Å². The average molecular weight is 547 g/mol. The Kier molecular flexibility index (Phi) is 9.58. The summed E-state index contributed by atoms with van der Waals surface area (Å²) in [5, 5.41) is 3.23. The van der Waals surface area contributed by atoms with Gasteiger partial charge in [-0.05, 0) is 54.2 Å². The Hall–Kier alpha value is -4.14. The van der Waals surface area contributed by atoms with Gasteiger partial charge < -0.3 is 19.5 Å². The molecule has 1 saturated carbocycles. The molecule has 1 atom stereocenters. The lowest BCUT2D eigenvalue weighted by Crippen LogP contribution is -2.47. The zero-order chi connectivity index (χ0) is 28.6. The van der Waals surface area contributed by atoms with Gasteiger partial charge in [-0.25, -0.2) is 4.98 Å². The lowest BCUT2D eigenvalue weighted by Gasteiger charge is -2.33. The summed E-state index contributed by atoms with van der Waals surface area (Å²) in [4.78, 5) is 38.2. The van der Waals surface area contributed by atoms with E-state index in [4.69, 9.17) is 14.2 Å². The van der Waals surface area contributed by atoms with Crippen molar-refractivity contribution in [2.24, 2.45) is 0 Å². The van der Waals surface area contributed by atoms with Crippen LogP contribution >= 0.6 is 0 Å². The Labute approximate surface area is 235 Å². The molecule has 0 radical (unpaired) electrons. The maximum Gasteiger partial charge on any atom is 0.279 e. The number of ether oxygens (including phenoxy) is 3. The SMILES string of the molecule is COc1cc(C(C(=O)NC2CCCCC2)N(C(=O)c2cnccn2)c2ccc(C(C)C)cc2)cc(OC)c1OC. The third-order valence-corrected chi connectivity index (χ3v) is 7.30. The van der Waals surface area contributed by atoms with Gasteiger partial charge in [0.05, 0.1) is 27.5 Å². The molecule has 1 aliphatic carbocycles. The lowest BCUT2D eigenvalue weighted by molar-refractivity contribution is -0.123. The van der Waals surface area contributed by atoms with Crippen LogP contribution in [0.2, 0.25) is 0 Å². The van der Waals surface area contributed by atoms with Crippen LogP contribution in [0.25, 0.3) is 0 Å². The summed E-state index contributed by atoms with van der Waals surface area (Å²) in [5.41, 5.74) is 2.30. The Morgan fingerprint density at radius 3 is 2.08 bits per heavy atom. The van der Waals surface area contributed by atoms with E-state index in [0.717, 1.165) is 37.7 Å². The van der Waals surface area contributed by atoms with Gasteiger partial charge in [-0.2, -0.15) is 0 Å². The standard InChI is InChI=1S/C31H38N4O5/c1-20(2)21-11-13-24(14-12-21)35(31(37)25-19-32-15-16-33-25)28(30(36)34-23-9-7-6-8-10-23)22-17-26(38-3)29(40-5)27(18-22)39-4/h11-20,23,28H,6-10H2,1-5H3,(H,34,36). The van der Waals surface area contributed by atoms with Gasteiger partial charge in [0.15, 0.2) is 11.5 Å². The summed E-state index contributed by atoms with van der Waals surface area (Å²) in [6.07, 6.45) is 9.43. The highest BCUT2D eigenvalue weighted by Gasteiger charge is 2.36. The maximum atomic E-state index is 14.2. The van der Waals surface area contributed by atoms with E-state index in [1.54, 1.807) is 12.1 Å². The van der Waals surface area contributed by atoms with Crippen molar-refractivity contribution in [3.63, 3.8) is 0 Å². The van der Waals surface area contributed by atoms with Crippen molar-refractivity contribution in [2.75, 3.05) is 26.2 Å². The van der Waals surface area contributed by atoms with E-state index < -0.39 is 11.9 Å². The molecule has 3 aromatic rings. The van der Waals surface area contributed by atoms with Crippen LogP contribution in [0.15, 0.2) is 55.0 Å². The molecule has 2 aromatic carbocycles. The van der Waals surface area contributed by atoms with Crippen LogP contribution in [0.5, 0.6) is 17.2 Å². The Bertz CT molecular complexity index is 1270. The predicted octanol–water partition coefficient (Wildman–Crippen LogP) is 5.46. The number of benzene rings is 2. The molecular formula is C31H38N4O5. The number of nitrogens with one attached hydrogen (secondary N) is 1. The quantitative estimate of drug-likeness (QED) is 0.360. The van der Waals surface area contributed by atoms with E-state index in [2.05, 4.69) is 29.1 Å². The van der Waals surface area contributed by atoms with Crippen molar-refractivity contribution in [3.05, 3.63) is 71.8 Å². The van der Waals surface area contributed by atoms with Crippen molar-refractivity contribution in [1.29, 1.82) is 0 Å². The van der Waals surface area contributed by atoms with Crippen LogP contribution in [0.4, 0.5) is 5.69 Å². The highest BCUT2D eigenvalue weighted by atomic mass is 16.5. The number of hydrogen-bond donors (Lipinski definition) is 1. The molecule has 2 amide bonds. The highest BCUT2D eigenvalue weighted by molar-refractivity contribution is 6.09. The topological polar surface area (TPSA) is 103 Å². The molecule has 212 valence electrons. The number of anilines is 1. The molecule has 4 rings (SSSR count). The molecule has 9 nitrogen and oxygen atoms in total. The van der Waals surface area contributed by atoms with E-state index in [0.29, 0.717) is 34.4 Å². The van der Waals surface area contributed by atoms with Crippen molar-refractivity contribution < 1.29 is 23.8 Å². The third-order valence-electron chi connectivity index (χ3n) is 7.30. The first-order valence-corrected chi connectivity index (χ1v) is 13.7. The Balaban J connectivity index is 1.90. The van der Waals surface area contributed by atoms with Gasteiger partial charge in [-0.1, -0.05) is 45.2 Å². The van der Waals surface area contributed by atoms with Crippen LogP contribution in [0.1, 0.15) is 79.5 Å². The summed E-state index contributed by atoms with van der Waals surface area (Å²) in [7, 11) is 4.56. The molecule has 1 N–H and O–H groups in total. The number of rotatable bonds is 10. The van der Waals surface area contributed by atoms with Gasteiger partial charge >= 0.3 is 0 Å². The van der Waals surface area contributed by atoms with Gasteiger partial charge in [-0.3, -0.25) is 19.5 Å². The van der Waals surface area contributed by atoms with Crippen LogP contribution in [0, 0.1) is 0 Å². The van der Waals surface area contributed by atoms with Crippen LogP contribution in [-0.4, -0.2) is 49.2 Å². The fourth-order valence-electron chi connectivity index (χ4n) is 5.14. The number of carbonyl (C=O) groups is 2. The maximum absolute atomic E-state index is 14.2. The van der Waals surface area contributed by atoms with Crippen molar-refractivity contribution in [3.8, 4) is 17.2 Å². The number of carbonyl (C=O) groups excluding carboxylic acids is 2. The molecule has 0 aliphatic heterocycles. The molecule has 0 saturated heterocycles. The molecular weight excluding hydrogens is 508 g/mol. The molecule has 0 spiro atoms. The first kappa shape index (κ1) is 28.9. The van der Waals surface area contributed by atoms with Gasteiger partial charge in [0.1, 0.15) is 11.7 Å². The Morgan fingerprint density at radius 1 is 0.900 bits per heavy atom. The predicted molar refractivity (Wildman–Crippen MR) is 153 cm³/mol. The van der Waals surface area contributed by atoms with Gasteiger partial charge in [0.25, 0.3) is 5.91 Å². The summed E-state index contributed by atoms with van der Waals surface area (Å²) < 4.78 is 16.7. The molecule has 1 unspecified atom stereocenters. The minimum absolute atomic E-state index is 0.0302. The van der Waals surface area contributed by atoms with Crippen LogP contribution in [0.3, 0.4) is 0 Å². The molecule has 0 bridgehead atoms. The summed E-state index contributed by atoms with van der Waals surface area (Å²) in [6, 6.07) is 10.1. The molecule has 9 heteroatoms. The van der Waals surface area contributed by atoms with E-state index in [9.17, 15) is 9.59 Å². The molecule has 1 fully saturated rings. The van der Waals surface area contributed by atoms with Gasteiger partial charge in [0, 0.05) is 24.1 Å². The monoisotopic (exact) mass is 546 g/mol. The zero-order valence-electron chi connectivity index (χ0n) is 23.8. The number of amides is 2. The largest absolute Gasteiger partial charge is 0.493 e. The van der Waals surface area contributed by atoms with Crippen LogP contribution in [-0.2, 0) is 4.79 Å². The molecule has 40 heavy (non-hydrogen) atoms. The third kappa shape index (κ3) is 6.35. The minimum Gasteiger partial charge on any atom is -0.493 e. The normalized spacial score (nSPS) is 14.3. The second-order valence-corrected chi connectivity index (χ2v) is 10.2. The number of hydrogen-bond acceptors (Lipinski definition) is 7.